The lowest BCUT2D eigenvalue weighted by Crippen LogP contribution is -2.18. The van der Waals surface area contributed by atoms with E-state index in [-0.39, 0.29) is 0 Å². The summed E-state index contributed by atoms with van der Waals surface area (Å²) in [7, 11) is 2.07. The van der Waals surface area contributed by atoms with Gasteiger partial charge < -0.3 is 5.73 Å². The first kappa shape index (κ1) is 14.0. The van der Waals surface area contributed by atoms with Crippen molar-refractivity contribution in [1.29, 1.82) is 0 Å². The molecule has 0 spiro atoms. The Morgan fingerprint density at radius 3 is 2.42 bits per heavy atom. The van der Waals surface area contributed by atoms with Crippen LogP contribution in [0.15, 0.2) is 42.5 Å². The minimum atomic E-state index is 0.481. The highest BCUT2D eigenvalue weighted by Crippen LogP contribution is 2.12. The summed E-state index contributed by atoms with van der Waals surface area (Å²) < 4.78 is 0. The van der Waals surface area contributed by atoms with Crippen LogP contribution in [-0.2, 0) is 19.6 Å². The van der Waals surface area contributed by atoms with Crippen LogP contribution < -0.4 is 5.73 Å². The Hall–Kier alpha value is -1.42. The molecule has 2 aromatic rings. The summed E-state index contributed by atoms with van der Waals surface area (Å²) in [6.45, 7) is 2.15. The number of hydrogen-bond donors (Lipinski definition) is 1. The van der Waals surface area contributed by atoms with E-state index in [0.717, 1.165) is 29.5 Å². The Balaban J connectivity index is 1.96. The molecular weight excluding hydrogens is 258 g/mol. The van der Waals surface area contributed by atoms with E-state index in [1.807, 2.05) is 42.5 Å². The molecule has 0 saturated carbocycles. The van der Waals surface area contributed by atoms with Gasteiger partial charge in [-0.05, 0) is 36.9 Å². The van der Waals surface area contributed by atoms with Crippen molar-refractivity contribution in [3.63, 3.8) is 0 Å². The van der Waals surface area contributed by atoms with Crippen LogP contribution in [-0.4, -0.2) is 16.9 Å². The van der Waals surface area contributed by atoms with E-state index in [4.69, 9.17) is 17.3 Å². The van der Waals surface area contributed by atoms with Crippen LogP contribution in [0, 0.1) is 0 Å². The molecule has 0 aliphatic carbocycles. The molecule has 2 rings (SSSR count). The van der Waals surface area contributed by atoms with E-state index in [0.29, 0.717) is 6.54 Å². The fourth-order valence-corrected chi connectivity index (χ4v) is 2.09. The topological polar surface area (TPSA) is 42.1 Å². The highest BCUT2D eigenvalue weighted by molar-refractivity contribution is 6.30. The molecule has 4 heteroatoms. The van der Waals surface area contributed by atoms with Gasteiger partial charge in [0.25, 0.3) is 0 Å². The Bertz CT molecular complexity index is 525. The van der Waals surface area contributed by atoms with Crippen LogP contribution in [0.25, 0.3) is 0 Å². The lowest BCUT2D eigenvalue weighted by molar-refractivity contribution is 0.315. The van der Waals surface area contributed by atoms with Crippen LogP contribution in [0.4, 0.5) is 0 Å². The molecule has 0 radical (unpaired) electrons. The van der Waals surface area contributed by atoms with E-state index in [2.05, 4.69) is 16.9 Å². The first-order valence-corrected chi connectivity index (χ1v) is 6.63. The first-order valence-electron chi connectivity index (χ1n) is 6.25. The van der Waals surface area contributed by atoms with E-state index in [9.17, 15) is 0 Å². The van der Waals surface area contributed by atoms with Crippen molar-refractivity contribution >= 4 is 11.6 Å². The molecule has 0 amide bonds. The molecule has 19 heavy (non-hydrogen) atoms. The summed E-state index contributed by atoms with van der Waals surface area (Å²) in [6, 6.07) is 13.9. The Labute approximate surface area is 119 Å². The average Bonchev–Trinajstić information content (AvgIpc) is 2.41. The third-order valence-corrected chi connectivity index (χ3v) is 3.12. The van der Waals surface area contributed by atoms with Crippen LogP contribution in [0.5, 0.6) is 0 Å². The van der Waals surface area contributed by atoms with Crippen molar-refractivity contribution in [1.82, 2.24) is 9.88 Å². The minimum absolute atomic E-state index is 0.481. The Morgan fingerprint density at radius 1 is 1.05 bits per heavy atom. The van der Waals surface area contributed by atoms with E-state index in [1.54, 1.807) is 0 Å². The summed E-state index contributed by atoms with van der Waals surface area (Å²) in [5, 5.41) is 0.767. The van der Waals surface area contributed by atoms with E-state index < -0.39 is 0 Å². The number of pyridine rings is 1. The molecule has 1 aromatic carbocycles. The molecule has 0 bridgehead atoms. The first-order chi connectivity index (χ1) is 9.17. The Morgan fingerprint density at radius 2 is 1.74 bits per heavy atom. The zero-order chi connectivity index (χ0) is 13.7. The van der Waals surface area contributed by atoms with Crippen LogP contribution >= 0.6 is 11.6 Å². The molecule has 100 valence electrons. The molecule has 0 aliphatic heterocycles. The fourth-order valence-electron chi connectivity index (χ4n) is 1.96. The monoisotopic (exact) mass is 275 g/mol. The molecule has 0 atom stereocenters. The van der Waals surface area contributed by atoms with Gasteiger partial charge >= 0.3 is 0 Å². The second kappa shape index (κ2) is 6.66. The fraction of sp³-hybridized carbons (Fsp3) is 0.267. The average molecular weight is 276 g/mol. The molecule has 1 heterocycles. The van der Waals surface area contributed by atoms with Crippen molar-refractivity contribution in [3.05, 3.63) is 64.4 Å². The maximum absolute atomic E-state index is 5.88. The van der Waals surface area contributed by atoms with Gasteiger partial charge in [0.1, 0.15) is 0 Å². The van der Waals surface area contributed by atoms with E-state index in [1.165, 1.54) is 5.56 Å². The van der Waals surface area contributed by atoms with Gasteiger partial charge in [0.05, 0.1) is 11.4 Å². The predicted octanol–water partition coefficient (Wildman–Crippen LogP) is 2.83. The molecule has 2 N–H and O–H groups in total. The summed E-state index contributed by atoms with van der Waals surface area (Å²) in [5.41, 5.74) is 8.81. The zero-order valence-electron chi connectivity index (χ0n) is 11.0. The third-order valence-electron chi connectivity index (χ3n) is 2.87. The number of nitrogens with two attached hydrogens (primary N) is 1. The van der Waals surface area contributed by atoms with Crippen LogP contribution in [0.3, 0.4) is 0 Å². The van der Waals surface area contributed by atoms with Gasteiger partial charge in [-0.25, -0.2) is 0 Å². The number of rotatable bonds is 5. The van der Waals surface area contributed by atoms with Gasteiger partial charge in [-0.15, -0.1) is 0 Å². The van der Waals surface area contributed by atoms with Gasteiger partial charge in [-0.3, -0.25) is 9.88 Å². The molecule has 0 fully saturated rings. The van der Waals surface area contributed by atoms with Gasteiger partial charge in [0.2, 0.25) is 0 Å². The molecule has 0 unspecified atom stereocenters. The normalized spacial score (nSPS) is 10.9. The highest BCUT2D eigenvalue weighted by Gasteiger charge is 2.03. The largest absolute Gasteiger partial charge is 0.325 e. The molecule has 1 aromatic heterocycles. The van der Waals surface area contributed by atoms with Crippen molar-refractivity contribution in [2.45, 2.75) is 19.6 Å². The summed E-state index contributed by atoms with van der Waals surface area (Å²) in [6.07, 6.45) is 0. The molecule has 0 aliphatic rings. The van der Waals surface area contributed by atoms with Crippen molar-refractivity contribution in [2.24, 2.45) is 5.73 Å². The molecule has 0 saturated heterocycles. The van der Waals surface area contributed by atoms with Gasteiger partial charge in [0.15, 0.2) is 0 Å². The van der Waals surface area contributed by atoms with Crippen LogP contribution in [0.1, 0.15) is 17.0 Å². The predicted molar refractivity (Wildman–Crippen MR) is 78.8 cm³/mol. The highest BCUT2D eigenvalue weighted by atomic mass is 35.5. The number of aromatic nitrogens is 1. The SMILES string of the molecule is CN(Cc1ccc(Cl)cc1)Cc1cccc(CN)n1. The second-order valence-electron chi connectivity index (χ2n) is 4.62. The van der Waals surface area contributed by atoms with Crippen LogP contribution in [0.2, 0.25) is 5.02 Å². The number of benzene rings is 1. The minimum Gasteiger partial charge on any atom is -0.325 e. The van der Waals surface area contributed by atoms with E-state index >= 15 is 0 Å². The maximum atomic E-state index is 5.88. The van der Waals surface area contributed by atoms with Crippen molar-refractivity contribution < 1.29 is 0 Å². The molecular formula is C15H18ClN3. The standard InChI is InChI=1S/C15H18ClN3/c1-19(10-12-5-7-13(16)8-6-12)11-15-4-2-3-14(9-17)18-15/h2-8H,9-11,17H2,1H3. The lowest BCUT2D eigenvalue weighted by atomic mass is 10.2. The molecule has 3 nitrogen and oxygen atoms in total. The third kappa shape index (κ3) is 4.31. The summed E-state index contributed by atoms with van der Waals surface area (Å²) in [5.74, 6) is 0. The number of halogens is 1. The maximum Gasteiger partial charge on any atom is 0.0547 e. The smallest absolute Gasteiger partial charge is 0.0547 e. The number of nitrogens with zero attached hydrogens (tertiary/aromatic N) is 2. The van der Waals surface area contributed by atoms with Crippen molar-refractivity contribution in [3.8, 4) is 0 Å². The quantitative estimate of drug-likeness (QED) is 0.912. The lowest BCUT2D eigenvalue weighted by Gasteiger charge is -2.16. The van der Waals surface area contributed by atoms with Crippen molar-refractivity contribution in [2.75, 3.05) is 7.05 Å². The summed E-state index contributed by atoms with van der Waals surface area (Å²) >= 11 is 5.88. The van der Waals surface area contributed by atoms with Gasteiger partial charge in [-0.1, -0.05) is 29.8 Å². The number of hydrogen-bond acceptors (Lipinski definition) is 3. The Kier molecular flexibility index (Phi) is 4.91. The summed E-state index contributed by atoms with van der Waals surface area (Å²) in [4.78, 5) is 6.71. The van der Waals surface area contributed by atoms with Gasteiger partial charge in [-0.2, -0.15) is 0 Å². The zero-order valence-corrected chi connectivity index (χ0v) is 11.8. The second-order valence-corrected chi connectivity index (χ2v) is 5.06. The van der Waals surface area contributed by atoms with Gasteiger partial charge in [0, 0.05) is 24.7 Å².